The third-order valence-electron chi connectivity index (χ3n) is 6.20. The van der Waals surface area contributed by atoms with Gasteiger partial charge in [0.05, 0.1) is 12.5 Å². The van der Waals surface area contributed by atoms with Crippen LogP contribution in [0, 0.1) is 17.3 Å². The van der Waals surface area contributed by atoms with E-state index in [2.05, 4.69) is 31.3 Å². The molecule has 3 nitrogen and oxygen atoms in total. The molecule has 3 aliphatic carbocycles. The van der Waals surface area contributed by atoms with Crippen molar-refractivity contribution in [3.05, 3.63) is 23.4 Å². The molecule has 1 N–H and O–H groups in total. The van der Waals surface area contributed by atoms with Gasteiger partial charge >= 0.3 is 5.97 Å². The second-order valence-electron chi connectivity index (χ2n) is 8.29. The van der Waals surface area contributed by atoms with Gasteiger partial charge in [0.2, 0.25) is 0 Å². The lowest BCUT2D eigenvalue weighted by molar-refractivity contribution is -0.150. The van der Waals surface area contributed by atoms with E-state index in [1.54, 1.807) is 0 Å². The Bertz CT molecular complexity index is 516. The molecular weight excluding hydrogens is 298 g/mol. The van der Waals surface area contributed by atoms with Crippen LogP contribution in [0.5, 0.6) is 0 Å². The van der Waals surface area contributed by atoms with E-state index < -0.39 is 0 Å². The predicted molar refractivity (Wildman–Crippen MR) is 97.4 cm³/mol. The number of rotatable bonds is 5. The lowest BCUT2D eigenvalue weighted by atomic mass is 9.57. The highest BCUT2D eigenvalue weighted by molar-refractivity contribution is 5.72. The molecule has 1 spiro atoms. The number of allylic oxidation sites excluding steroid dienone is 3. The number of ether oxygens (including phenoxy) is 1. The van der Waals surface area contributed by atoms with Crippen LogP contribution in [0.3, 0.4) is 0 Å². The molecule has 3 rings (SSSR count). The number of hydrogen-bond acceptors (Lipinski definition) is 3. The first-order chi connectivity index (χ1) is 11.5. The molecule has 0 unspecified atom stereocenters. The smallest absolute Gasteiger partial charge is 0.308 e. The monoisotopic (exact) mass is 331 g/mol. The summed E-state index contributed by atoms with van der Waals surface area (Å²) in [5.41, 5.74) is 3.38. The van der Waals surface area contributed by atoms with Crippen LogP contribution in [0.4, 0.5) is 0 Å². The summed E-state index contributed by atoms with van der Waals surface area (Å²) < 4.78 is 5.19. The molecule has 0 atom stereocenters. The second kappa shape index (κ2) is 7.33. The van der Waals surface area contributed by atoms with E-state index in [4.69, 9.17) is 4.74 Å². The van der Waals surface area contributed by atoms with Crippen LogP contribution >= 0.6 is 0 Å². The Balaban J connectivity index is 1.47. The molecule has 0 aliphatic heterocycles. The molecule has 0 amide bonds. The zero-order chi connectivity index (χ0) is 17.2. The fourth-order valence-corrected chi connectivity index (χ4v) is 4.83. The number of hydrogen-bond donors (Lipinski definition) is 1. The van der Waals surface area contributed by atoms with Crippen LogP contribution in [0.25, 0.3) is 0 Å². The SMILES string of the molecule is CCOC(=O)C1CCC2(CC1)CC(NC1=CCCC=C1C(C)C)C2. The van der Waals surface area contributed by atoms with Crippen molar-refractivity contribution in [2.75, 3.05) is 6.61 Å². The summed E-state index contributed by atoms with van der Waals surface area (Å²) in [7, 11) is 0. The molecule has 2 saturated carbocycles. The zero-order valence-corrected chi connectivity index (χ0v) is 15.6. The topological polar surface area (TPSA) is 38.3 Å². The number of carbonyl (C=O) groups excluding carboxylic acids is 1. The van der Waals surface area contributed by atoms with E-state index in [1.807, 2.05) is 6.92 Å². The maximum absolute atomic E-state index is 11.9. The maximum atomic E-state index is 11.9. The molecule has 0 heterocycles. The third kappa shape index (κ3) is 3.70. The van der Waals surface area contributed by atoms with Gasteiger partial charge in [0.1, 0.15) is 0 Å². The first-order valence-corrected chi connectivity index (χ1v) is 9.87. The molecule has 3 heteroatoms. The van der Waals surface area contributed by atoms with Gasteiger partial charge in [-0.15, -0.1) is 0 Å². The van der Waals surface area contributed by atoms with Crippen LogP contribution in [-0.2, 0) is 9.53 Å². The lowest BCUT2D eigenvalue weighted by Gasteiger charge is -2.52. The third-order valence-corrected chi connectivity index (χ3v) is 6.20. The van der Waals surface area contributed by atoms with Gasteiger partial charge in [-0.25, -0.2) is 0 Å². The van der Waals surface area contributed by atoms with Gasteiger partial charge in [-0.2, -0.15) is 0 Å². The summed E-state index contributed by atoms with van der Waals surface area (Å²) >= 11 is 0. The number of esters is 1. The van der Waals surface area contributed by atoms with Gasteiger partial charge in [-0.1, -0.05) is 26.0 Å². The molecule has 0 aromatic carbocycles. The van der Waals surface area contributed by atoms with Crippen molar-refractivity contribution in [2.24, 2.45) is 17.3 Å². The molecule has 24 heavy (non-hydrogen) atoms. The summed E-state index contributed by atoms with van der Waals surface area (Å²) in [6, 6.07) is 0.621. The van der Waals surface area contributed by atoms with Crippen molar-refractivity contribution in [2.45, 2.75) is 78.2 Å². The van der Waals surface area contributed by atoms with Crippen molar-refractivity contribution >= 4 is 5.97 Å². The van der Waals surface area contributed by atoms with E-state index >= 15 is 0 Å². The summed E-state index contributed by atoms with van der Waals surface area (Å²) in [4.78, 5) is 11.9. The van der Waals surface area contributed by atoms with Gasteiger partial charge in [0, 0.05) is 11.7 Å². The van der Waals surface area contributed by atoms with Gasteiger partial charge in [-0.05, 0) is 75.2 Å². The summed E-state index contributed by atoms with van der Waals surface area (Å²) in [5, 5.41) is 3.81. The normalized spacial score (nSPS) is 32.8. The minimum atomic E-state index is 0.0282. The second-order valence-corrected chi connectivity index (χ2v) is 8.29. The fraction of sp³-hybridized carbons (Fsp3) is 0.762. The Kier molecular flexibility index (Phi) is 5.36. The Hall–Kier alpha value is -1.25. The van der Waals surface area contributed by atoms with Crippen LogP contribution < -0.4 is 5.32 Å². The van der Waals surface area contributed by atoms with Crippen molar-refractivity contribution in [3.8, 4) is 0 Å². The Morgan fingerprint density at radius 2 is 1.92 bits per heavy atom. The zero-order valence-electron chi connectivity index (χ0n) is 15.6. The molecule has 3 aliphatic rings. The van der Waals surface area contributed by atoms with E-state index in [0.717, 1.165) is 19.3 Å². The van der Waals surface area contributed by atoms with Crippen molar-refractivity contribution in [1.82, 2.24) is 5.32 Å². The molecule has 0 bridgehead atoms. The van der Waals surface area contributed by atoms with E-state index in [1.165, 1.54) is 43.4 Å². The van der Waals surface area contributed by atoms with E-state index in [-0.39, 0.29) is 11.9 Å². The Morgan fingerprint density at radius 3 is 2.54 bits per heavy atom. The maximum Gasteiger partial charge on any atom is 0.308 e. The number of carbonyl (C=O) groups is 1. The van der Waals surface area contributed by atoms with Crippen molar-refractivity contribution < 1.29 is 9.53 Å². The predicted octanol–water partition coefficient (Wildman–Crippen LogP) is 4.74. The molecule has 0 aromatic rings. The minimum Gasteiger partial charge on any atom is -0.466 e. The molecule has 134 valence electrons. The Labute approximate surface area is 146 Å². The quantitative estimate of drug-likeness (QED) is 0.740. The largest absolute Gasteiger partial charge is 0.466 e. The first-order valence-electron chi connectivity index (χ1n) is 9.87. The Morgan fingerprint density at radius 1 is 1.25 bits per heavy atom. The van der Waals surface area contributed by atoms with Crippen LogP contribution in [0.15, 0.2) is 23.4 Å². The molecule has 0 aromatic heterocycles. The average molecular weight is 332 g/mol. The van der Waals surface area contributed by atoms with Gasteiger partial charge in [0.25, 0.3) is 0 Å². The van der Waals surface area contributed by atoms with Gasteiger partial charge in [0.15, 0.2) is 0 Å². The van der Waals surface area contributed by atoms with Crippen molar-refractivity contribution in [1.29, 1.82) is 0 Å². The lowest BCUT2D eigenvalue weighted by Crippen LogP contribution is -2.50. The van der Waals surface area contributed by atoms with Crippen molar-refractivity contribution in [3.63, 3.8) is 0 Å². The highest BCUT2D eigenvalue weighted by atomic mass is 16.5. The molecule has 0 saturated heterocycles. The first kappa shape index (κ1) is 17.6. The average Bonchev–Trinajstić information content (AvgIpc) is 2.54. The molecule has 2 fully saturated rings. The summed E-state index contributed by atoms with van der Waals surface area (Å²) in [6.07, 6.45) is 14.1. The van der Waals surface area contributed by atoms with Crippen LogP contribution in [0.1, 0.15) is 72.1 Å². The summed E-state index contributed by atoms with van der Waals surface area (Å²) in [6.45, 7) is 6.97. The summed E-state index contributed by atoms with van der Waals surface area (Å²) in [5.74, 6) is 0.776. The van der Waals surface area contributed by atoms with Gasteiger partial charge < -0.3 is 10.1 Å². The van der Waals surface area contributed by atoms with Crippen LogP contribution in [0.2, 0.25) is 0 Å². The molecular formula is C21H33NO2. The van der Waals surface area contributed by atoms with E-state index in [9.17, 15) is 4.79 Å². The fourth-order valence-electron chi connectivity index (χ4n) is 4.83. The number of nitrogens with one attached hydrogen (secondary N) is 1. The highest BCUT2D eigenvalue weighted by Crippen LogP contribution is 2.53. The van der Waals surface area contributed by atoms with E-state index in [0.29, 0.717) is 24.0 Å². The standard InChI is InChI=1S/C21H33NO2/c1-4-24-20(23)16-9-11-21(12-10-16)13-17(14-21)22-19-8-6-5-7-18(19)15(2)3/h7-8,15-17,22H,4-6,9-14H2,1-3H3. The van der Waals surface area contributed by atoms with Gasteiger partial charge in [-0.3, -0.25) is 4.79 Å². The molecule has 0 radical (unpaired) electrons. The minimum absolute atomic E-state index is 0.0282. The van der Waals surface area contributed by atoms with Crippen LogP contribution in [-0.4, -0.2) is 18.6 Å². The highest BCUT2D eigenvalue weighted by Gasteiger charge is 2.47.